The van der Waals surface area contributed by atoms with Crippen molar-refractivity contribution in [1.82, 2.24) is 15.0 Å². The third-order valence-corrected chi connectivity index (χ3v) is 5.17. The normalized spacial score (nSPS) is 11.5. The summed E-state index contributed by atoms with van der Waals surface area (Å²) in [5.74, 6) is -1.98. The van der Waals surface area contributed by atoms with Gasteiger partial charge in [-0.05, 0) is 65.0 Å². The van der Waals surface area contributed by atoms with Gasteiger partial charge in [-0.1, -0.05) is 24.3 Å². The summed E-state index contributed by atoms with van der Waals surface area (Å²) >= 11 is 0. The number of fused-ring (bicyclic) bond motifs is 1. The van der Waals surface area contributed by atoms with Crippen LogP contribution in [0, 0.1) is 0 Å². The van der Waals surface area contributed by atoms with Crippen LogP contribution in [0.15, 0.2) is 60.8 Å². The number of ether oxygens (including phenoxy) is 2. The molecule has 1 aromatic heterocycles. The number of nitrogens with one attached hydrogen (secondary N) is 1. The van der Waals surface area contributed by atoms with E-state index < -0.39 is 36.1 Å². The average molecular weight is 522 g/mol. The van der Waals surface area contributed by atoms with Crippen LogP contribution in [-0.4, -0.2) is 56.8 Å². The highest BCUT2D eigenvalue weighted by molar-refractivity contribution is 6.01. The third-order valence-electron chi connectivity index (χ3n) is 5.17. The van der Waals surface area contributed by atoms with E-state index in [-0.39, 0.29) is 17.4 Å². The minimum Gasteiger partial charge on any atom is -0.482 e. The molecule has 0 radical (unpaired) electrons. The van der Waals surface area contributed by atoms with E-state index in [0.29, 0.717) is 11.1 Å². The lowest BCUT2D eigenvalue weighted by Gasteiger charge is -2.26. The fourth-order valence-corrected chi connectivity index (χ4v) is 3.53. The van der Waals surface area contributed by atoms with Crippen LogP contribution in [0.2, 0.25) is 0 Å². The summed E-state index contributed by atoms with van der Waals surface area (Å²) < 4.78 is 12.0. The molecule has 3 rings (SSSR count). The van der Waals surface area contributed by atoms with Crippen molar-refractivity contribution in [3.63, 3.8) is 0 Å². The predicted molar refractivity (Wildman–Crippen MR) is 142 cm³/mol. The Hall–Kier alpha value is -4.60. The fraction of sp³-hybridized carbons (Fsp3) is 0.286. The van der Waals surface area contributed by atoms with Crippen molar-refractivity contribution >= 4 is 40.9 Å². The van der Waals surface area contributed by atoms with Gasteiger partial charge >= 0.3 is 12.1 Å². The second kappa shape index (κ2) is 11.6. The first-order chi connectivity index (χ1) is 17.9. The zero-order valence-electron chi connectivity index (χ0n) is 21.9. The molecule has 1 heterocycles. The second-order valence-corrected chi connectivity index (χ2v) is 9.74. The number of benzene rings is 2. The SMILES string of the molecule is CC(C)N(NC(=O)c1cccc(OCC(=O)O)c1)C(=O)/C=C/c1cn(C(=O)OC(C)(C)C)c2ccccc12. The fourth-order valence-electron chi connectivity index (χ4n) is 3.53. The lowest BCUT2D eigenvalue weighted by Crippen LogP contribution is -2.49. The van der Waals surface area contributed by atoms with Gasteiger partial charge in [-0.15, -0.1) is 0 Å². The molecule has 0 fully saturated rings. The molecule has 200 valence electrons. The van der Waals surface area contributed by atoms with Crippen LogP contribution < -0.4 is 10.2 Å². The van der Waals surface area contributed by atoms with Crippen molar-refractivity contribution in [1.29, 1.82) is 0 Å². The van der Waals surface area contributed by atoms with Gasteiger partial charge in [0.05, 0.1) is 5.52 Å². The molecule has 0 aliphatic rings. The molecule has 0 spiro atoms. The van der Waals surface area contributed by atoms with Gasteiger partial charge in [0.25, 0.3) is 11.8 Å². The van der Waals surface area contributed by atoms with Crippen molar-refractivity contribution < 1.29 is 33.8 Å². The first-order valence-electron chi connectivity index (χ1n) is 12.0. The van der Waals surface area contributed by atoms with Gasteiger partial charge < -0.3 is 14.6 Å². The predicted octanol–water partition coefficient (Wildman–Crippen LogP) is 4.48. The number of hydrogen-bond donors (Lipinski definition) is 2. The largest absolute Gasteiger partial charge is 0.482 e. The van der Waals surface area contributed by atoms with Crippen LogP contribution in [0.3, 0.4) is 0 Å². The maximum atomic E-state index is 13.1. The molecular weight excluding hydrogens is 490 g/mol. The highest BCUT2D eigenvalue weighted by atomic mass is 16.6. The highest BCUT2D eigenvalue weighted by Gasteiger charge is 2.21. The Morgan fingerprint density at radius 3 is 2.45 bits per heavy atom. The van der Waals surface area contributed by atoms with Gasteiger partial charge in [0.15, 0.2) is 6.61 Å². The number of carbonyl (C=O) groups is 4. The van der Waals surface area contributed by atoms with Gasteiger partial charge in [-0.25, -0.2) is 14.6 Å². The molecule has 38 heavy (non-hydrogen) atoms. The number of carboxylic acid groups (broad SMARTS) is 1. The quantitative estimate of drug-likeness (QED) is 0.347. The maximum Gasteiger partial charge on any atom is 0.419 e. The van der Waals surface area contributed by atoms with E-state index in [4.69, 9.17) is 14.6 Å². The smallest absolute Gasteiger partial charge is 0.419 e. The standard InChI is InChI=1S/C28H31N3O7/c1-18(2)31(29-26(35)19-9-8-10-21(15-19)37-17-25(33)34)24(32)14-13-20-16-30(27(36)38-28(3,4)5)23-12-7-6-11-22(20)23/h6-16,18H,17H2,1-5H3,(H,29,35)(H,33,34)/b14-13+. The summed E-state index contributed by atoms with van der Waals surface area (Å²) in [5, 5.41) is 10.7. The summed E-state index contributed by atoms with van der Waals surface area (Å²) in [4.78, 5) is 49.4. The number of amides is 2. The van der Waals surface area contributed by atoms with Crippen LogP contribution in [0.25, 0.3) is 17.0 Å². The first kappa shape index (κ1) is 28.0. The van der Waals surface area contributed by atoms with E-state index in [2.05, 4.69) is 5.43 Å². The van der Waals surface area contributed by atoms with E-state index in [1.807, 2.05) is 12.1 Å². The van der Waals surface area contributed by atoms with Crippen molar-refractivity contribution in [2.24, 2.45) is 0 Å². The lowest BCUT2D eigenvalue weighted by molar-refractivity contribution is -0.139. The van der Waals surface area contributed by atoms with Crippen LogP contribution in [0.5, 0.6) is 5.75 Å². The molecule has 0 saturated heterocycles. The minimum absolute atomic E-state index is 0.191. The average Bonchev–Trinajstić information content (AvgIpc) is 3.22. The van der Waals surface area contributed by atoms with Gasteiger partial charge in [0.1, 0.15) is 11.4 Å². The number of aliphatic carboxylic acids is 1. The van der Waals surface area contributed by atoms with Crippen LogP contribution in [0.1, 0.15) is 50.5 Å². The van der Waals surface area contributed by atoms with Crippen LogP contribution in [-0.2, 0) is 14.3 Å². The summed E-state index contributed by atoms with van der Waals surface area (Å²) in [6.45, 7) is 8.29. The van der Waals surface area contributed by atoms with Gasteiger partial charge in [-0.3, -0.25) is 19.6 Å². The molecule has 2 aromatic carbocycles. The topological polar surface area (TPSA) is 127 Å². The monoisotopic (exact) mass is 521 g/mol. The van der Waals surface area contributed by atoms with E-state index in [1.165, 1.54) is 33.9 Å². The molecule has 2 amide bonds. The zero-order valence-corrected chi connectivity index (χ0v) is 21.9. The van der Waals surface area contributed by atoms with Crippen molar-refractivity contribution in [2.75, 3.05) is 6.61 Å². The van der Waals surface area contributed by atoms with E-state index >= 15 is 0 Å². The number of carboxylic acids is 1. The Kier molecular flexibility index (Phi) is 8.57. The third kappa shape index (κ3) is 7.22. The zero-order chi connectivity index (χ0) is 28.0. The second-order valence-electron chi connectivity index (χ2n) is 9.74. The number of para-hydroxylation sites is 1. The number of carbonyl (C=O) groups excluding carboxylic acids is 3. The van der Waals surface area contributed by atoms with Gasteiger partial charge in [0.2, 0.25) is 0 Å². The molecule has 3 aromatic rings. The summed E-state index contributed by atoms with van der Waals surface area (Å²) in [6.07, 6.45) is 3.95. The summed E-state index contributed by atoms with van der Waals surface area (Å²) in [6, 6.07) is 12.9. The van der Waals surface area contributed by atoms with Crippen LogP contribution >= 0.6 is 0 Å². The van der Waals surface area contributed by atoms with Crippen molar-refractivity contribution in [3.8, 4) is 5.75 Å². The summed E-state index contributed by atoms with van der Waals surface area (Å²) in [5.41, 5.74) is 3.36. The number of rotatable bonds is 7. The number of nitrogens with zero attached hydrogens (tertiary/aromatic N) is 2. The Morgan fingerprint density at radius 1 is 1.08 bits per heavy atom. The Balaban J connectivity index is 1.80. The maximum absolute atomic E-state index is 13.1. The molecule has 2 N–H and O–H groups in total. The Morgan fingerprint density at radius 2 is 1.79 bits per heavy atom. The minimum atomic E-state index is -1.14. The van der Waals surface area contributed by atoms with Crippen LogP contribution in [0.4, 0.5) is 4.79 Å². The molecule has 0 aliphatic heterocycles. The lowest BCUT2D eigenvalue weighted by atomic mass is 10.1. The van der Waals surface area contributed by atoms with Crippen molar-refractivity contribution in [2.45, 2.75) is 46.3 Å². The molecule has 0 aliphatic carbocycles. The van der Waals surface area contributed by atoms with Gasteiger partial charge in [-0.2, -0.15) is 0 Å². The Labute approximate surface area is 220 Å². The molecule has 0 atom stereocenters. The van der Waals surface area contributed by atoms with E-state index in [1.54, 1.807) is 65.1 Å². The van der Waals surface area contributed by atoms with Gasteiger partial charge in [0, 0.05) is 34.8 Å². The number of hydrogen-bond acceptors (Lipinski definition) is 6. The molecule has 0 saturated carbocycles. The van der Waals surface area contributed by atoms with E-state index in [9.17, 15) is 19.2 Å². The molecule has 10 nitrogen and oxygen atoms in total. The molecule has 0 bridgehead atoms. The summed E-state index contributed by atoms with van der Waals surface area (Å²) in [7, 11) is 0. The van der Waals surface area contributed by atoms with Crippen molar-refractivity contribution in [3.05, 3.63) is 71.9 Å². The molecular formula is C28H31N3O7. The Bertz CT molecular complexity index is 1380. The molecule has 10 heteroatoms. The first-order valence-corrected chi connectivity index (χ1v) is 12.0. The number of aromatic nitrogens is 1. The number of hydrazine groups is 1. The van der Waals surface area contributed by atoms with E-state index in [0.717, 1.165) is 5.39 Å². The molecule has 0 unspecified atom stereocenters. The highest BCUT2D eigenvalue weighted by Crippen LogP contribution is 2.24.